The van der Waals surface area contributed by atoms with Crippen molar-refractivity contribution in [1.29, 1.82) is 5.26 Å². The lowest BCUT2D eigenvalue weighted by Crippen LogP contribution is -2.18. The van der Waals surface area contributed by atoms with Crippen LogP contribution in [0.5, 0.6) is 17.2 Å². The molecule has 0 aromatic heterocycles. The summed E-state index contributed by atoms with van der Waals surface area (Å²) in [5.74, 6) is 1.78. The molecular weight excluding hydrogens is 290 g/mol. The summed E-state index contributed by atoms with van der Waals surface area (Å²) >= 11 is 5.33. The van der Waals surface area contributed by atoms with E-state index in [4.69, 9.17) is 26.3 Å². The van der Waals surface area contributed by atoms with Gasteiger partial charge in [-0.05, 0) is 67.1 Å². The van der Waals surface area contributed by atoms with Gasteiger partial charge in [-0.25, -0.2) is 0 Å². The summed E-state index contributed by atoms with van der Waals surface area (Å²) < 4.78 is 11.0. The summed E-state index contributed by atoms with van der Waals surface area (Å²) in [6, 6.07) is 15.7. The van der Waals surface area contributed by atoms with Crippen LogP contribution in [0.25, 0.3) is 0 Å². The molecule has 0 amide bonds. The molecule has 2 aromatic carbocycles. The Morgan fingerprint density at radius 2 is 1.52 bits per heavy atom. The molecule has 0 fully saturated rings. The summed E-state index contributed by atoms with van der Waals surface area (Å²) in [6.45, 7) is 1.58. The largest absolute Gasteiger partial charge is 0.482 e. The number of rotatable bonds is 5. The van der Waals surface area contributed by atoms with Gasteiger partial charge in [0.25, 0.3) is 5.24 Å². The highest BCUT2D eigenvalue weighted by Gasteiger charge is 2.11. The summed E-state index contributed by atoms with van der Waals surface area (Å²) in [6.07, 6.45) is -0.697. The van der Waals surface area contributed by atoms with Crippen molar-refractivity contribution in [2.45, 2.75) is 13.0 Å². The maximum atomic E-state index is 10.9. The first-order valence-corrected chi connectivity index (χ1v) is 6.60. The third-order valence-corrected chi connectivity index (χ3v) is 2.98. The second-order valence-corrected chi connectivity index (χ2v) is 4.65. The van der Waals surface area contributed by atoms with E-state index in [1.807, 2.05) is 6.07 Å². The van der Waals surface area contributed by atoms with Gasteiger partial charge >= 0.3 is 0 Å². The fraction of sp³-hybridized carbons (Fsp3) is 0.125. The molecule has 0 spiro atoms. The summed E-state index contributed by atoms with van der Waals surface area (Å²) in [5, 5.41) is 8.17. The molecule has 0 radical (unpaired) electrons. The van der Waals surface area contributed by atoms with Gasteiger partial charge in [-0.2, -0.15) is 5.26 Å². The Balaban J connectivity index is 2.01. The number of carbonyl (C=O) groups is 1. The normalized spacial score (nSPS) is 11.3. The molecule has 4 nitrogen and oxygen atoms in total. The number of nitriles is 1. The van der Waals surface area contributed by atoms with Crippen LogP contribution < -0.4 is 9.47 Å². The first-order valence-electron chi connectivity index (χ1n) is 6.22. The second kappa shape index (κ2) is 6.78. The van der Waals surface area contributed by atoms with E-state index in [-0.39, 0.29) is 0 Å². The molecule has 2 aromatic rings. The topological polar surface area (TPSA) is 59.3 Å². The van der Waals surface area contributed by atoms with E-state index >= 15 is 0 Å². The van der Waals surface area contributed by atoms with Gasteiger partial charge in [-0.15, -0.1) is 0 Å². The van der Waals surface area contributed by atoms with Crippen molar-refractivity contribution in [2.75, 3.05) is 0 Å². The van der Waals surface area contributed by atoms with Crippen LogP contribution in [-0.4, -0.2) is 11.3 Å². The Morgan fingerprint density at radius 3 is 2.00 bits per heavy atom. The van der Waals surface area contributed by atoms with Gasteiger partial charge in [-0.3, -0.25) is 4.79 Å². The van der Waals surface area contributed by atoms with Crippen LogP contribution in [0.1, 0.15) is 12.5 Å². The summed E-state index contributed by atoms with van der Waals surface area (Å²) in [7, 11) is 0. The predicted molar refractivity (Wildman–Crippen MR) is 78.6 cm³/mol. The average molecular weight is 302 g/mol. The third-order valence-electron chi connectivity index (χ3n) is 2.68. The van der Waals surface area contributed by atoms with Crippen LogP contribution in [0, 0.1) is 11.3 Å². The number of hydrogen-bond acceptors (Lipinski definition) is 4. The lowest BCUT2D eigenvalue weighted by atomic mass is 10.2. The molecule has 0 saturated carbocycles. The van der Waals surface area contributed by atoms with E-state index in [1.165, 1.54) is 0 Å². The Bertz CT molecular complexity index is 659. The molecule has 0 heterocycles. The van der Waals surface area contributed by atoms with Gasteiger partial charge in [0, 0.05) is 0 Å². The van der Waals surface area contributed by atoms with Crippen LogP contribution in [0.2, 0.25) is 0 Å². The van der Waals surface area contributed by atoms with Crippen LogP contribution in [-0.2, 0) is 4.79 Å². The molecule has 106 valence electrons. The second-order valence-electron chi connectivity index (χ2n) is 4.27. The number of hydrogen-bond donors (Lipinski definition) is 0. The van der Waals surface area contributed by atoms with Crippen molar-refractivity contribution in [3.63, 3.8) is 0 Å². The molecule has 0 aliphatic rings. The number of halogens is 1. The molecule has 0 aliphatic carbocycles. The zero-order chi connectivity index (χ0) is 15.2. The SMILES string of the molecule is CC(Oc1ccc(Oc2ccc(C#N)cc2)cc1)C(=O)Cl. The van der Waals surface area contributed by atoms with E-state index in [0.717, 1.165) is 0 Å². The van der Waals surface area contributed by atoms with E-state index in [2.05, 4.69) is 0 Å². The summed E-state index contributed by atoms with van der Waals surface area (Å²) in [5.41, 5.74) is 0.575. The molecule has 0 N–H and O–H groups in total. The maximum absolute atomic E-state index is 10.9. The van der Waals surface area contributed by atoms with E-state index in [9.17, 15) is 4.79 Å². The standard InChI is InChI=1S/C16H12ClNO3/c1-11(16(17)19)20-13-6-8-15(9-7-13)21-14-4-2-12(10-18)3-5-14/h2-9,11H,1H3. The van der Waals surface area contributed by atoms with Crippen molar-refractivity contribution >= 4 is 16.8 Å². The minimum Gasteiger partial charge on any atom is -0.482 e. The van der Waals surface area contributed by atoms with Gasteiger partial charge in [0.1, 0.15) is 17.2 Å². The average Bonchev–Trinajstić information content (AvgIpc) is 2.50. The zero-order valence-corrected chi connectivity index (χ0v) is 12.0. The quantitative estimate of drug-likeness (QED) is 0.786. The van der Waals surface area contributed by atoms with Crippen molar-refractivity contribution in [1.82, 2.24) is 0 Å². The number of nitrogens with zero attached hydrogens (tertiary/aromatic N) is 1. The van der Waals surface area contributed by atoms with Gasteiger partial charge in [-0.1, -0.05) is 0 Å². The molecule has 1 atom stereocenters. The number of benzene rings is 2. The molecule has 0 aliphatic heterocycles. The minimum atomic E-state index is -0.697. The highest BCUT2D eigenvalue weighted by molar-refractivity contribution is 6.64. The Morgan fingerprint density at radius 1 is 1.05 bits per heavy atom. The predicted octanol–water partition coefficient (Wildman–Crippen LogP) is 3.88. The van der Waals surface area contributed by atoms with Crippen molar-refractivity contribution in [3.05, 3.63) is 54.1 Å². The summed E-state index contributed by atoms with van der Waals surface area (Å²) in [4.78, 5) is 10.9. The maximum Gasteiger partial charge on any atom is 0.262 e. The molecule has 2 rings (SSSR count). The first-order chi connectivity index (χ1) is 10.1. The lowest BCUT2D eigenvalue weighted by molar-refractivity contribution is -0.117. The van der Waals surface area contributed by atoms with Crippen LogP contribution >= 0.6 is 11.6 Å². The highest BCUT2D eigenvalue weighted by atomic mass is 35.5. The first kappa shape index (κ1) is 14.9. The molecular formula is C16H12ClNO3. The number of ether oxygens (including phenoxy) is 2. The zero-order valence-electron chi connectivity index (χ0n) is 11.2. The third kappa shape index (κ3) is 4.23. The lowest BCUT2D eigenvalue weighted by Gasteiger charge is -2.11. The van der Waals surface area contributed by atoms with Gasteiger partial charge in [0.05, 0.1) is 11.6 Å². The fourth-order valence-electron chi connectivity index (χ4n) is 1.57. The van der Waals surface area contributed by atoms with Crippen molar-refractivity contribution in [2.24, 2.45) is 0 Å². The number of carbonyl (C=O) groups excluding carboxylic acids is 1. The van der Waals surface area contributed by atoms with Gasteiger partial charge in [0.2, 0.25) is 0 Å². The van der Waals surface area contributed by atoms with Gasteiger partial charge < -0.3 is 9.47 Å². The fourth-order valence-corrected chi connectivity index (χ4v) is 1.61. The molecule has 1 unspecified atom stereocenters. The van der Waals surface area contributed by atoms with E-state index in [0.29, 0.717) is 22.8 Å². The van der Waals surface area contributed by atoms with E-state index in [1.54, 1.807) is 55.5 Å². The van der Waals surface area contributed by atoms with Crippen molar-refractivity contribution in [3.8, 4) is 23.3 Å². The monoisotopic (exact) mass is 301 g/mol. The minimum absolute atomic E-state index is 0.531. The van der Waals surface area contributed by atoms with Crippen LogP contribution in [0.15, 0.2) is 48.5 Å². The smallest absolute Gasteiger partial charge is 0.262 e. The Hall–Kier alpha value is -2.51. The van der Waals surface area contributed by atoms with E-state index < -0.39 is 11.3 Å². The molecule has 0 bridgehead atoms. The molecule has 0 saturated heterocycles. The van der Waals surface area contributed by atoms with Crippen LogP contribution in [0.4, 0.5) is 0 Å². The van der Waals surface area contributed by atoms with Gasteiger partial charge in [0.15, 0.2) is 6.10 Å². The van der Waals surface area contributed by atoms with Crippen molar-refractivity contribution < 1.29 is 14.3 Å². The Kier molecular flexibility index (Phi) is 4.81. The molecule has 21 heavy (non-hydrogen) atoms. The van der Waals surface area contributed by atoms with Crippen LogP contribution in [0.3, 0.4) is 0 Å². The highest BCUT2D eigenvalue weighted by Crippen LogP contribution is 2.24. The Labute approximate surface area is 127 Å². The molecule has 5 heteroatoms.